The van der Waals surface area contributed by atoms with Gasteiger partial charge in [0.05, 0.1) is 4.90 Å². The number of sulfone groups is 1. The molecule has 0 spiro atoms. The maximum absolute atomic E-state index is 12.9. The Morgan fingerprint density at radius 2 is 1.60 bits per heavy atom. The van der Waals surface area contributed by atoms with Crippen molar-refractivity contribution in [3.05, 3.63) is 63.8 Å². The third-order valence-electron chi connectivity index (χ3n) is 3.30. The van der Waals surface area contributed by atoms with Gasteiger partial charge in [0, 0.05) is 36.0 Å². The van der Waals surface area contributed by atoms with E-state index in [2.05, 4.69) is 0 Å². The molecule has 25 heavy (non-hydrogen) atoms. The van der Waals surface area contributed by atoms with Crippen LogP contribution in [0.15, 0.2) is 58.6 Å². The Kier molecular flexibility index (Phi) is 6.31. The molecular weight excluding hydrogens is 340 g/mol. The fourth-order valence-electron chi connectivity index (χ4n) is 1.61. The molecule has 0 saturated heterocycles. The molecule has 138 valence electrons. The van der Waals surface area contributed by atoms with E-state index in [4.69, 9.17) is 0 Å². The van der Waals surface area contributed by atoms with Gasteiger partial charge in [0.2, 0.25) is 21.6 Å². The molecule has 0 aliphatic rings. The molecule has 1 aromatic carbocycles. The van der Waals surface area contributed by atoms with Gasteiger partial charge in [0.15, 0.2) is 0 Å². The van der Waals surface area contributed by atoms with Crippen LogP contribution in [0.25, 0.3) is 0 Å². The van der Waals surface area contributed by atoms with Crippen molar-refractivity contribution in [2.75, 3.05) is 0 Å². The van der Waals surface area contributed by atoms with E-state index in [9.17, 15) is 18.5 Å². The van der Waals surface area contributed by atoms with Crippen molar-refractivity contribution >= 4 is 9.84 Å². The Balaban J connectivity index is 3.42. The number of nitroso groups, excluding NO2 is 1. The second kappa shape index (κ2) is 7.49. The molecule has 0 unspecified atom stereocenters. The van der Waals surface area contributed by atoms with Gasteiger partial charge in [-0.2, -0.15) is 0 Å². The Labute approximate surface area is 149 Å². The van der Waals surface area contributed by atoms with Gasteiger partial charge in [-0.15, -0.1) is 0 Å². The van der Waals surface area contributed by atoms with E-state index in [0.717, 1.165) is 18.5 Å². The van der Waals surface area contributed by atoms with Crippen LogP contribution in [0.3, 0.4) is 0 Å². The van der Waals surface area contributed by atoms with Crippen LogP contribution < -0.4 is 0 Å². The van der Waals surface area contributed by atoms with Gasteiger partial charge in [0.25, 0.3) is 0 Å². The van der Waals surface area contributed by atoms with Gasteiger partial charge in [-0.1, -0.05) is 18.2 Å². The Morgan fingerprint density at radius 3 is 2.04 bits per heavy atom. The van der Waals surface area contributed by atoms with Crippen molar-refractivity contribution < 1.29 is 13.2 Å². The molecule has 7 heteroatoms. The first-order chi connectivity index (χ1) is 11.3. The van der Waals surface area contributed by atoms with E-state index < -0.39 is 20.9 Å². The van der Waals surface area contributed by atoms with Crippen molar-refractivity contribution in [1.82, 2.24) is 5.06 Å². The summed E-state index contributed by atoms with van der Waals surface area (Å²) in [5.41, 5.74) is -1.54. The summed E-state index contributed by atoms with van der Waals surface area (Å²) in [5.74, 6) is 0. The van der Waals surface area contributed by atoms with E-state index >= 15 is 0 Å². The lowest BCUT2D eigenvalue weighted by atomic mass is 10.1. The highest BCUT2D eigenvalue weighted by atomic mass is 32.2. The van der Waals surface area contributed by atoms with Crippen molar-refractivity contribution in [3.63, 3.8) is 0 Å². The molecule has 0 heterocycles. The standard InChI is InChI=1S/C18H26N2O4S/c1-17(2,3)19(21)13-12-16(14-20(22)18(4,5)6)25(23,24)15-10-8-7-9-11-15/h7-14H,1-6H3. The molecule has 0 fully saturated rings. The van der Waals surface area contributed by atoms with E-state index in [1.165, 1.54) is 12.1 Å². The highest BCUT2D eigenvalue weighted by Crippen LogP contribution is 2.22. The van der Waals surface area contributed by atoms with E-state index in [-0.39, 0.29) is 9.80 Å². The van der Waals surface area contributed by atoms with Gasteiger partial charge >= 0.3 is 0 Å². The van der Waals surface area contributed by atoms with E-state index in [0.29, 0.717) is 9.82 Å². The molecule has 0 saturated carbocycles. The predicted molar refractivity (Wildman–Crippen MR) is 99.2 cm³/mol. The molecule has 1 aromatic rings. The molecular formula is C18H26N2O4S. The molecule has 0 aliphatic carbocycles. The summed E-state index contributed by atoms with van der Waals surface area (Å²) in [6.07, 6.45) is 3.30. The number of nitrogens with zero attached hydrogens (tertiary/aromatic N) is 2. The summed E-state index contributed by atoms with van der Waals surface area (Å²) in [5, 5.41) is 12.7. The normalized spacial score (nSPS) is 14.0. The molecule has 0 amide bonds. The van der Waals surface area contributed by atoms with Crippen molar-refractivity contribution in [1.29, 1.82) is 0 Å². The van der Waals surface area contributed by atoms with Crippen LogP contribution in [0.5, 0.6) is 0 Å². The van der Waals surface area contributed by atoms with Gasteiger partial charge in [-0.3, -0.25) is 0 Å². The monoisotopic (exact) mass is 366 g/mol. The summed E-state index contributed by atoms with van der Waals surface area (Å²) in [6.45, 7) is 10.1. The minimum absolute atomic E-state index is 0.0569. The summed E-state index contributed by atoms with van der Waals surface area (Å²) in [4.78, 5) is 12.1. The van der Waals surface area contributed by atoms with Gasteiger partial charge in [-0.05, 0) is 45.2 Å². The molecule has 1 rings (SSSR count). The molecule has 0 bridgehead atoms. The molecule has 0 aliphatic heterocycles. The summed E-state index contributed by atoms with van der Waals surface area (Å²) >= 11 is 0. The van der Waals surface area contributed by atoms with E-state index in [1.807, 2.05) is 0 Å². The number of hydrogen-bond acceptors (Lipinski definition) is 5. The second-order valence-corrected chi connectivity index (χ2v) is 9.61. The fraction of sp³-hybridized carbons (Fsp3) is 0.444. The lowest BCUT2D eigenvalue weighted by molar-refractivity contribution is -0.554. The topological polar surface area (TPSA) is 80.5 Å². The van der Waals surface area contributed by atoms with Crippen LogP contribution in [-0.4, -0.2) is 29.3 Å². The number of hydrogen-bond donors (Lipinski definition) is 0. The SMILES string of the molecule is CC(C)(C)N([O-])C=CC(=C[N+](=O)C(C)(C)C)S(=O)(=O)c1ccccc1. The number of rotatable bonds is 5. The first-order valence-electron chi connectivity index (χ1n) is 7.89. The Morgan fingerprint density at radius 1 is 1.08 bits per heavy atom. The van der Waals surface area contributed by atoms with Crippen LogP contribution >= 0.6 is 0 Å². The van der Waals surface area contributed by atoms with Crippen LogP contribution in [0.2, 0.25) is 0 Å². The number of benzene rings is 1. The van der Waals surface area contributed by atoms with E-state index in [1.54, 1.807) is 59.7 Å². The highest BCUT2D eigenvalue weighted by molar-refractivity contribution is 7.95. The van der Waals surface area contributed by atoms with Gasteiger partial charge in [0.1, 0.15) is 4.91 Å². The molecule has 0 radical (unpaired) electrons. The van der Waals surface area contributed by atoms with Crippen LogP contribution in [0.1, 0.15) is 41.5 Å². The largest absolute Gasteiger partial charge is 0.758 e. The number of allylic oxidation sites excluding steroid dienone is 1. The quantitative estimate of drug-likeness (QED) is 0.447. The third-order valence-corrected chi connectivity index (χ3v) is 5.06. The summed E-state index contributed by atoms with van der Waals surface area (Å²) in [6, 6.07) is 7.79. The maximum atomic E-state index is 12.9. The molecule has 0 aromatic heterocycles. The minimum atomic E-state index is -3.93. The van der Waals surface area contributed by atoms with Crippen molar-refractivity contribution in [2.24, 2.45) is 0 Å². The maximum Gasteiger partial charge on any atom is 0.240 e. The zero-order valence-corrected chi connectivity index (χ0v) is 16.4. The highest BCUT2D eigenvalue weighted by Gasteiger charge is 2.31. The van der Waals surface area contributed by atoms with Crippen molar-refractivity contribution in [3.8, 4) is 0 Å². The second-order valence-electron chi connectivity index (χ2n) is 7.66. The summed E-state index contributed by atoms with van der Waals surface area (Å²) < 4.78 is 26.3. The summed E-state index contributed by atoms with van der Waals surface area (Å²) in [7, 11) is -3.93. The van der Waals surface area contributed by atoms with Gasteiger partial charge < -0.3 is 10.3 Å². The fourth-order valence-corrected chi connectivity index (χ4v) is 2.87. The predicted octanol–water partition coefficient (Wildman–Crippen LogP) is 3.99. The number of hydroxylamine groups is 2. The van der Waals surface area contributed by atoms with Crippen molar-refractivity contribution in [2.45, 2.75) is 57.5 Å². The first kappa shape index (κ1) is 21.1. The average Bonchev–Trinajstić information content (AvgIpc) is 2.49. The van der Waals surface area contributed by atoms with Crippen LogP contribution in [0.4, 0.5) is 0 Å². The lowest BCUT2D eigenvalue weighted by Crippen LogP contribution is -2.32. The smallest absolute Gasteiger partial charge is 0.240 e. The van der Waals surface area contributed by atoms with Crippen LogP contribution in [-0.2, 0) is 9.84 Å². The minimum Gasteiger partial charge on any atom is -0.758 e. The third kappa shape index (κ3) is 5.79. The first-order valence-corrected chi connectivity index (χ1v) is 9.37. The zero-order valence-electron chi connectivity index (χ0n) is 15.6. The lowest BCUT2D eigenvalue weighted by Gasteiger charge is -2.40. The van der Waals surface area contributed by atoms with Gasteiger partial charge in [-0.25, -0.2) is 8.42 Å². The van der Waals surface area contributed by atoms with Crippen LogP contribution in [0, 0.1) is 10.1 Å². The average molecular weight is 366 g/mol. The Hall–Kier alpha value is -1.99. The zero-order chi connectivity index (χ0) is 19.5. The molecule has 0 atom stereocenters. The molecule has 6 nitrogen and oxygen atoms in total. The molecule has 0 N–H and O–H groups in total. The Bertz CT molecular complexity index is 768.